The van der Waals surface area contributed by atoms with Gasteiger partial charge < -0.3 is 15.2 Å². The van der Waals surface area contributed by atoms with E-state index in [1.807, 2.05) is 47.3 Å². The van der Waals surface area contributed by atoms with Gasteiger partial charge in [0.1, 0.15) is 0 Å². The molecular formula is C14H19N3O2. The number of nitrogens with one attached hydrogen (secondary N) is 1. The third-order valence-electron chi connectivity index (χ3n) is 2.71. The van der Waals surface area contributed by atoms with Crippen molar-refractivity contribution in [1.82, 2.24) is 15.1 Å². The highest BCUT2D eigenvalue weighted by Gasteiger charge is 2.04. The van der Waals surface area contributed by atoms with Gasteiger partial charge in [0, 0.05) is 26.4 Å². The Hall–Kier alpha value is -1.69. The molecule has 0 fully saturated rings. The predicted octanol–water partition coefficient (Wildman–Crippen LogP) is 0.969. The molecular weight excluding hydrogens is 242 g/mol. The highest BCUT2D eigenvalue weighted by molar-refractivity contribution is 5.30. The molecule has 0 aliphatic heterocycles. The second kappa shape index (κ2) is 7.04. The van der Waals surface area contributed by atoms with Crippen LogP contribution in [0.5, 0.6) is 0 Å². The summed E-state index contributed by atoms with van der Waals surface area (Å²) >= 11 is 0. The highest BCUT2D eigenvalue weighted by atomic mass is 16.5. The first-order valence-electron chi connectivity index (χ1n) is 6.27. The van der Waals surface area contributed by atoms with Crippen molar-refractivity contribution in [2.45, 2.75) is 12.6 Å². The average molecular weight is 261 g/mol. The fourth-order valence-corrected chi connectivity index (χ4v) is 1.80. The van der Waals surface area contributed by atoms with Gasteiger partial charge in [-0.15, -0.1) is 0 Å². The maximum absolute atomic E-state index is 9.50. The molecule has 0 aliphatic carbocycles. The number of rotatable bonds is 7. The van der Waals surface area contributed by atoms with Crippen LogP contribution in [0.15, 0.2) is 42.6 Å². The van der Waals surface area contributed by atoms with E-state index in [1.54, 1.807) is 7.11 Å². The molecule has 0 bridgehead atoms. The summed E-state index contributed by atoms with van der Waals surface area (Å²) in [7, 11) is 1.57. The van der Waals surface area contributed by atoms with Crippen molar-refractivity contribution in [1.29, 1.82) is 0 Å². The fraction of sp³-hybridized carbons (Fsp3) is 0.357. The summed E-state index contributed by atoms with van der Waals surface area (Å²) in [5.41, 5.74) is 1.97. The quantitative estimate of drug-likeness (QED) is 0.779. The van der Waals surface area contributed by atoms with E-state index in [4.69, 9.17) is 4.74 Å². The molecule has 5 heteroatoms. The average Bonchev–Trinajstić information content (AvgIpc) is 2.89. The van der Waals surface area contributed by atoms with Crippen LogP contribution in [0.4, 0.5) is 0 Å². The van der Waals surface area contributed by atoms with E-state index in [0.717, 1.165) is 11.4 Å². The van der Waals surface area contributed by atoms with Crippen molar-refractivity contribution in [2.24, 2.45) is 0 Å². The number of methoxy groups -OCH3 is 1. The van der Waals surface area contributed by atoms with Crippen LogP contribution >= 0.6 is 0 Å². The van der Waals surface area contributed by atoms with Gasteiger partial charge in [0.15, 0.2) is 0 Å². The van der Waals surface area contributed by atoms with Gasteiger partial charge in [-0.3, -0.25) is 0 Å². The summed E-state index contributed by atoms with van der Waals surface area (Å²) in [6, 6.07) is 11.9. The Bertz CT molecular complexity index is 484. The minimum Gasteiger partial charge on any atom is -0.389 e. The Kier molecular flexibility index (Phi) is 5.09. The smallest absolute Gasteiger partial charge is 0.0897 e. The second-order valence-electron chi connectivity index (χ2n) is 4.33. The lowest BCUT2D eigenvalue weighted by atomic mass is 10.3. The van der Waals surface area contributed by atoms with Gasteiger partial charge in [0.25, 0.3) is 0 Å². The van der Waals surface area contributed by atoms with Crippen LogP contribution < -0.4 is 5.32 Å². The number of para-hydroxylation sites is 1. The van der Waals surface area contributed by atoms with Crippen LogP contribution in [0.1, 0.15) is 5.69 Å². The van der Waals surface area contributed by atoms with Crippen molar-refractivity contribution in [3.8, 4) is 5.69 Å². The van der Waals surface area contributed by atoms with E-state index in [2.05, 4.69) is 10.4 Å². The zero-order chi connectivity index (χ0) is 13.5. The number of hydrogen-bond acceptors (Lipinski definition) is 4. The molecule has 1 atom stereocenters. The number of aromatic nitrogens is 2. The van der Waals surface area contributed by atoms with Gasteiger partial charge >= 0.3 is 0 Å². The lowest BCUT2D eigenvalue weighted by molar-refractivity contribution is 0.0643. The summed E-state index contributed by atoms with van der Waals surface area (Å²) in [6.45, 7) is 1.46. The zero-order valence-corrected chi connectivity index (χ0v) is 11.0. The molecule has 2 aromatic rings. The Morgan fingerprint density at radius 2 is 2.11 bits per heavy atom. The third kappa shape index (κ3) is 4.17. The molecule has 0 radical (unpaired) electrons. The first-order chi connectivity index (χ1) is 9.29. The normalized spacial score (nSPS) is 12.5. The minimum atomic E-state index is -0.485. The Labute approximate surface area is 112 Å². The van der Waals surface area contributed by atoms with Crippen molar-refractivity contribution < 1.29 is 9.84 Å². The first kappa shape index (κ1) is 13.7. The van der Waals surface area contributed by atoms with Crippen LogP contribution in [0, 0.1) is 0 Å². The number of hydrogen-bond donors (Lipinski definition) is 2. The Morgan fingerprint density at radius 1 is 1.32 bits per heavy atom. The molecule has 0 spiro atoms. The molecule has 19 heavy (non-hydrogen) atoms. The van der Waals surface area contributed by atoms with Crippen molar-refractivity contribution >= 4 is 0 Å². The molecule has 0 saturated carbocycles. The summed E-state index contributed by atoms with van der Waals surface area (Å²) in [6.07, 6.45) is 1.44. The van der Waals surface area contributed by atoms with Crippen molar-refractivity contribution in [3.05, 3.63) is 48.3 Å². The van der Waals surface area contributed by atoms with Crippen LogP contribution in [0.2, 0.25) is 0 Å². The summed E-state index contributed by atoms with van der Waals surface area (Å²) in [5, 5.41) is 17.1. The maximum atomic E-state index is 9.50. The summed E-state index contributed by atoms with van der Waals surface area (Å²) in [5.74, 6) is 0. The molecule has 1 aromatic carbocycles. The van der Waals surface area contributed by atoms with Crippen molar-refractivity contribution in [3.63, 3.8) is 0 Å². The van der Waals surface area contributed by atoms with Crippen LogP contribution in [-0.4, -0.2) is 41.3 Å². The molecule has 0 saturated heterocycles. The second-order valence-corrected chi connectivity index (χ2v) is 4.33. The van der Waals surface area contributed by atoms with Crippen molar-refractivity contribution in [2.75, 3.05) is 20.3 Å². The van der Waals surface area contributed by atoms with E-state index in [1.165, 1.54) is 0 Å². The van der Waals surface area contributed by atoms with E-state index >= 15 is 0 Å². The fourth-order valence-electron chi connectivity index (χ4n) is 1.80. The predicted molar refractivity (Wildman–Crippen MR) is 73.2 cm³/mol. The van der Waals surface area contributed by atoms with Gasteiger partial charge in [0.05, 0.1) is 24.1 Å². The molecule has 102 valence electrons. The molecule has 2 rings (SSSR count). The molecule has 0 amide bonds. The van der Waals surface area contributed by atoms with E-state index in [-0.39, 0.29) is 0 Å². The maximum Gasteiger partial charge on any atom is 0.0897 e. The first-order valence-corrected chi connectivity index (χ1v) is 6.27. The number of ether oxygens (including phenoxy) is 1. The van der Waals surface area contributed by atoms with E-state index in [9.17, 15) is 5.11 Å². The monoisotopic (exact) mass is 261 g/mol. The number of benzene rings is 1. The van der Waals surface area contributed by atoms with Gasteiger partial charge in [-0.25, -0.2) is 4.68 Å². The third-order valence-corrected chi connectivity index (χ3v) is 2.71. The highest BCUT2D eigenvalue weighted by Crippen LogP contribution is 2.06. The largest absolute Gasteiger partial charge is 0.389 e. The molecule has 2 N–H and O–H groups in total. The van der Waals surface area contributed by atoms with Gasteiger partial charge in [-0.05, 0) is 18.2 Å². The standard InChI is InChI=1S/C14H19N3O2/c1-19-11-14(18)10-15-9-12-7-8-17(16-12)13-5-3-2-4-6-13/h2-8,14-15,18H,9-11H2,1H3. The topological polar surface area (TPSA) is 59.3 Å². The van der Waals surface area contributed by atoms with Gasteiger partial charge in [0.2, 0.25) is 0 Å². The minimum absolute atomic E-state index is 0.339. The molecule has 1 heterocycles. The zero-order valence-electron chi connectivity index (χ0n) is 11.0. The number of nitrogens with zero attached hydrogens (tertiary/aromatic N) is 2. The van der Waals surface area contributed by atoms with Gasteiger partial charge in [-0.2, -0.15) is 5.10 Å². The van der Waals surface area contributed by atoms with Crippen LogP contribution in [-0.2, 0) is 11.3 Å². The lowest BCUT2D eigenvalue weighted by Gasteiger charge is -2.09. The lowest BCUT2D eigenvalue weighted by Crippen LogP contribution is -2.29. The Morgan fingerprint density at radius 3 is 2.84 bits per heavy atom. The van der Waals surface area contributed by atoms with E-state index < -0.39 is 6.10 Å². The van der Waals surface area contributed by atoms with Gasteiger partial charge in [-0.1, -0.05) is 18.2 Å². The summed E-state index contributed by atoms with van der Waals surface area (Å²) in [4.78, 5) is 0. The molecule has 1 unspecified atom stereocenters. The number of aliphatic hydroxyl groups is 1. The number of aliphatic hydroxyl groups excluding tert-OH is 1. The van der Waals surface area contributed by atoms with E-state index in [0.29, 0.717) is 19.7 Å². The van der Waals surface area contributed by atoms with Crippen LogP contribution in [0.3, 0.4) is 0 Å². The SMILES string of the molecule is COCC(O)CNCc1ccn(-c2ccccc2)n1. The molecule has 0 aliphatic rings. The Balaban J connectivity index is 1.85. The van der Waals surface area contributed by atoms with Crippen LogP contribution in [0.25, 0.3) is 5.69 Å². The molecule has 1 aromatic heterocycles. The summed E-state index contributed by atoms with van der Waals surface area (Å²) < 4.78 is 6.69. The molecule has 5 nitrogen and oxygen atoms in total.